The molecule has 1 nitrogen and oxygen atoms in total. The Bertz CT molecular complexity index is 3270. The van der Waals surface area contributed by atoms with Crippen molar-refractivity contribution >= 4 is 48.6 Å². The molecule has 1 aliphatic carbocycles. The molecule has 2 heteroatoms. The molecule has 0 radical (unpaired) electrons. The van der Waals surface area contributed by atoms with Gasteiger partial charge in [-0.3, -0.25) is 0 Å². The Balaban J connectivity index is 1.23. The minimum atomic E-state index is -0.596. The quantitative estimate of drug-likeness (QED) is 0.148. The van der Waals surface area contributed by atoms with Crippen LogP contribution >= 0.6 is 11.3 Å². The lowest BCUT2D eigenvalue weighted by Gasteiger charge is -2.35. The number of fused-ring (bicyclic) bond motifs is 6. The van der Waals surface area contributed by atoms with Crippen LogP contribution in [-0.2, 0) is 5.41 Å². The van der Waals surface area contributed by atoms with Crippen molar-refractivity contribution in [2.45, 2.75) is 5.41 Å². The van der Waals surface area contributed by atoms with Gasteiger partial charge in [0.05, 0.1) is 11.1 Å². The highest BCUT2D eigenvalue weighted by Gasteiger charge is 2.48. The standard InChI is InChI=1S/C61H41NS/c1-6-18-42(19-7-1)45-30-35-50(36-31-45)62(51-37-32-46(33-38-51)43-20-8-2-9-21-43)60-58-53-40-47(44-22-10-3-11-23-44)34-39-54(53)61(48-24-12-4-13-25-48,49-26-14-5-15-27-49)55(58)41-57-59(60)52-28-16-17-29-56(52)63-57/h1-41H. The number of rotatable bonds is 8. The number of hydrogen-bond acceptors (Lipinski definition) is 2. The van der Waals surface area contributed by atoms with Gasteiger partial charge in [-0.2, -0.15) is 0 Å². The van der Waals surface area contributed by atoms with Crippen molar-refractivity contribution < 1.29 is 0 Å². The molecule has 0 spiro atoms. The van der Waals surface area contributed by atoms with Gasteiger partial charge in [0.1, 0.15) is 0 Å². The first kappa shape index (κ1) is 37.0. The Morgan fingerprint density at radius 2 is 0.762 bits per heavy atom. The molecule has 0 fully saturated rings. The first-order chi connectivity index (χ1) is 31.3. The van der Waals surface area contributed by atoms with Gasteiger partial charge in [-0.25, -0.2) is 0 Å². The molecule has 11 aromatic rings. The van der Waals surface area contributed by atoms with E-state index in [2.05, 4.69) is 254 Å². The first-order valence-electron chi connectivity index (χ1n) is 21.7. The summed E-state index contributed by atoms with van der Waals surface area (Å²) in [7, 11) is 0. The lowest BCUT2D eigenvalue weighted by molar-refractivity contribution is 0.770. The largest absolute Gasteiger partial charge is 0.309 e. The van der Waals surface area contributed by atoms with Gasteiger partial charge in [0.15, 0.2) is 0 Å². The minimum absolute atomic E-state index is 0.596. The van der Waals surface area contributed by atoms with Crippen molar-refractivity contribution in [3.63, 3.8) is 0 Å². The first-order valence-corrected chi connectivity index (χ1v) is 22.5. The lowest BCUT2D eigenvalue weighted by atomic mass is 9.67. The summed E-state index contributed by atoms with van der Waals surface area (Å²) in [5.41, 5.74) is 17.6. The highest BCUT2D eigenvalue weighted by molar-refractivity contribution is 7.26. The Labute approximate surface area is 372 Å². The monoisotopic (exact) mass is 819 g/mol. The molecule has 1 heterocycles. The van der Waals surface area contributed by atoms with Crippen LogP contribution in [0.25, 0.3) is 64.7 Å². The summed E-state index contributed by atoms with van der Waals surface area (Å²) in [6, 6.07) is 91.7. The van der Waals surface area contributed by atoms with E-state index in [9.17, 15) is 0 Å². The van der Waals surface area contributed by atoms with Crippen LogP contribution in [0.5, 0.6) is 0 Å². The van der Waals surface area contributed by atoms with Crippen LogP contribution in [0.1, 0.15) is 22.3 Å². The zero-order valence-corrected chi connectivity index (χ0v) is 35.3. The van der Waals surface area contributed by atoms with Crippen LogP contribution in [-0.4, -0.2) is 0 Å². The second-order valence-electron chi connectivity index (χ2n) is 16.4. The molecule has 0 aliphatic heterocycles. The van der Waals surface area contributed by atoms with Gasteiger partial charge in [-0.15, -0.1) is 11.3 Å². The Kier molecular flexibility index (Phi) is 8.98. The summed E-state index contributed by atoms with van der Waals surface area (Å²) < 4.78 is 2.54. The zero-order chi connectivity index (χ0) is 41.7. The minimum Gasteiger partial charge on any atom is -0.309 e. The molecular weight excluding hydrogens is 779 g/mol. The van der Waals surface area contributed by atoms with E-state index in [1.165, 1.54) is 92.6 Å². The molecule has 0 unspecified atom stereocenters. The third kappa shape index (κ3) is 6.06. The Morgan fingerprint density at radius 3 is 1.29 bits per heavy atom. The maximum absolute atomic E-state index is 2.55. The van der Waals surface area contributed by atoms with Crippen molar-refractivity contribution in [2.24, 2.45) is 0 Å². The molecule has 63 heavy (non-hydrogen) atoms. The lowest BCUT2D eigenvalue weighted by Crippen LogP contribution is -2.28. The highest BCUT2D eigenvalue weighted by atomic mass is 32.1. The van der Waals surface area contributed by atoms with E-state index in [1.54, 1.807) is 0 Å². The average molecular weight is 820 g/mol. The predicted octanol–water partition coefficient (Wildman–Crippen LogP) is 16.9. The third-order valence-electron chi connectivity index (χ3n) is 12.9. The molecule has 1 aromatic heterocycles. The van der Waals surface area contributed by atoms with Crippen molar-refractivity contribution in [2.75, 3.05) is 4.90 Å². The van der Waals surface area contributed by atoms with Crippen LogP contribution in [0.2, 0.25) is 0 Å². The summed E-state index contributed by atoms with van der Waals surface area (Å²) in [4.78, 5) is 2.55. The molecule has 10 aromatic carbocycles. The number of nitrogens with zero attached hydrogens (tertiary/aromatic N) is 1. The second kappa shape index (κ2) is 15.3. The summed E-state index contributed by atoms with van der Waals surface area (Å²) in [5.74, 6) is 0. The predicted molar refractivity (Wildman–Crippen MR) is 268 cm³/mol. The van der Waals surface area contributed by atoms with E-state index in [0.29, 0.717) is 0 Å². The van der Waals surface area contributed by atoms with Gasteiger partial charge in [0, 0.05) is 37.1 Å². The van der Waals surface area contributed by atoms with Crippen LogP contribution in [0, 0.1) is 0 Å². The van der Waals surface area contributed by atoms with Crippen molar-refractivity contribution in [3.05, 3.63) is 271 Å². The number of hydrogen-bond donors (Lipinski definition) is 0. The van der Waals surface area contributed by atoms with E-state index in [-0.39, 0.29) is 0 Å². The average Bonchev–Trinajstić information content (AvgIpc) is 3.89. The molecule has 0 saturated heterocycles. The summed E-state index contributed by atoms with van der Waals surface area (Å²) in [6.45, 7) is 0. The molecule has 0 saturated carbocycles. The summed E-state index contributed by atoms with van der Waals surface area (Å²) in [5, 5.41) is 2.53. The van der Waals surface area contributed by atoms with Gasteiger partial charge in [0.2, 0.25) is 0 Å². The fourth-order valence-corrected chi connectivity index (χ4v) is 11.3. The molecule has 1 aliphatic rings. The molecular formula is C61H41NS. The third-order valence-corrected chi connectivity index (χ3v) is 14.1. The zero-order valence-electron chi connectivity index (χ0n) is 34.5. The van der Waals surface area contributed by atoms with Crippen LogP contribution < -0.4 is 4.90 Å². The maximum Gasteiger partial charge on any atom is 0.0714 e. The van der Waals surface area contributed by atoms with E-state index < -0.39 is 5.41 Å². The molecule has 0 atom stereocenters. The molecule has 0 bridgehead atoms. The summed E-state index contributed by atoms with van der Waals surface area (Å²) in [6.07, 6.45) is 0. The van der Waals surface area contributed by atoms with Gasteiger partial charge < -0.3 is 4.90 Å². The van der Waals surface area contributed by atoms with Crippen LogP contribution in [0.4, 0.5) is 17.1 Å². The van der Waals surface area contributed by atoms with Crippen molar-refractivity contribution in [1.82, 2.24) is 0 Å². The van der Waals surface area contributed by atoms with Gasteiger partial charge in [0.25, 0.3) is 0 Å². The molecule has 0 N–H and O–H groups in total. The molecule has 0 amide bonds. The number of anilines is 3. The van der Waals surface area contributed by atoms with Gasteiger partial charge in [-0.05, 0) is 104 Å². The number of benzene rings is 10. The SMILES string of the molecule is c1ccc(-c2ccc(N(c3ccc(-c4ccccc4)cc3)c3c4c(cc5sc6ccccc6c35)C(c3ccccc3)(c3ccccc3)c3ccc(-c5ccccc5)cc3-4)cc2)cc1. The van der Waals surface area contributed by atoms with Gasteiger partial charge in [-0.1, -0.05) is 206 Å². The van der Waals surface area contributed by atoms with Gasteiger partial charge >= 0.3 is 0 Å². The topological polar surface area (TPSA) is 3.24 Å². The van der Waals surface area contributed by atoms with Crippen molar-refractivity contribution in [1.29, 1.82) is 0 Å². The van der Waals surface area contributed by atoms with E-state index in [1.807, 2.05) is 11.3 Å². The summed E-state index contributed by atoms with van der Waals surface area (Å²) >= 11 is 1.89. The van der Waals surface area contributed by atoms with E-state index in [0.717, 1.165) is 11.4 Å². The number of thiophene rings is 1. The Morgan fingerprint density at radius 1 is 0.333 bits per heavy atom. The fraction of sp³-hybridized carbons (Fsp3) is 0.0164. The van der Waals surface area contributed by atoms with Crippen LogP contribution in [0.15, 0.2) is 249 Å². The smallest absolute Gasteiger partial charge is 0.0714 e. The van der Waals surface area contributed by atoms with E-state index in [4.69, 9.17) is 0 Å². The Hall–Kier alpha value is -7.78. The van der Waals surface area contributed by atoms with Crippen LogP contribution in [0.3, 0.4) is 0 Å². The molecule has 296 valence electrons. The molecule has 12 rings (SSSR count). The highest BCUT2D eigenvalue weighted by Crippen LogP contribution is 2.63. The maximum atomic E-state index is 2.55. The van der Waals surface area contributed by atoms with E-state index >= 15 is 0 Å². The normalized spacial score (nSPS) is 12.6. The fourth-order valence-electron chi connectivity index (χ4n) is 10.1. The van der Waals surface area contributed by atoms with Crippen molar-refractivity contribution in [3.8, 4) is 44.5 Å². The second-order valence-corrected chi connectivity index (χ2v) is 17.5.